The first-order valence-corrected chi connectivity index (χ1v) is 13.2. The molecule has 1 aliphatic heterocycles. The summed E-state index contributed by atoms with van der Waals surface area (Å²) in [6.45, 7) is 0.637. The van der Waals surface area contributed by atoms with E-state index >= 15 is 0 Å². The fourth-order valence-corrected chi connectivity index (χ4v) is 5.96. The minimum absolute atomic E-state index is 0.0166. The number of carbonyl (C=O) groups excluding carboxylic acids is 2. The molecule has 1 saturated carbocycles. The molecule has 0 saturated heterocycles. The molecule has 5 rings (SSSR count). The fourth-order valence-electron chi connectivity index (χ4n) is 4.88. The van der Waals surface area contributed by atoms with E-state index in [0.29, 0.717) is 13.0 Å². The van der Waals surface area contributed by atoms with Crippen molar-refractivity contribution in [2.24, 2.45) is 5.92 Å². The van der Waals surface area contributed by atoms with Crippen LogP contribution in [0.4, 0.5) is 5.69 Å². The highest BCUT2D eigenvalue weighted by atomic mass is 32.2. The summed E-state index contributed by atoms with van der Waals surface area (Å²) in [6.07, 6.45) is 5.56. The van der Waals surface area contributed by atoms with Crippen molar-refractivity contribution in [2.75, 3.05) is 18.0 Å². The fraction of sp³-hybridized carbons (Fsp3) is 0.440. The third kappa shape index (κ3) is 4.68. The summed E-state index contributed by atoms with van der Waals surface area (Å²) < 4.78 is 28.1. The second-order valence-corrected chi connectivity index (χ2v) is 10.9. The number of nitrogens with one attached hydrogen (secondary N) is 2. The molecule has 2 aromatic rings. The first kappa shape index (κ1) is 22.1. The molecule has 33 heavy (non-hydrogen) atoms. The van der Waals surface area contributed by atoms with Gasteiger partial charge in [-0.3, -0.25) is 9.59 Å². The Kier molecular flexibility index (Phi) is 5.97. The van der Waals surface area contributed by atoms with Gasteiger partial charge < -0.3 is 10.2 Å². The topological polar surface area (TPSA) is 95.6 Å². The standard InChI is InChI=1S/C25H29N3O4S/c29-24(27-22-7-3-5-17-4-1-2-6-21(17)22)12-14-26-33(31,32)20-10-11-23-19(16-20)13-15-28(23)25(30)18-8-9-18/h1-2,4,6,10-11,16,18,22,26H,3,5,7-9,12-15H2,(H,27,29). The number of hydrogen-bond donors (Lipinski definition) is 2. The van der Waals surface area contributed by atoms with E-state index in [2.05, 4.69) is 22.2 Å². The molecule has 0 bridgehead atoms. The van der Waals surface area contributed by atoms with Gasteiger partial charge in [0.05, 0.1) is 10.9 Å². The Morgan fingerprint density at radius 2 is 1.82 bits per heavy atom. The first-order valence-electron chi connectivity index (χ1n) is 11.7. The van der Waals surface area contributed by atoms with Crippen molar-refractivity contribution in [3.63, 3.8) is 0 Å². The summed E-state index contributed by atoms with van der Waals surface area (Å²) in [5.41, 5.74) is 4.12. The Labute approximate surface area is 194 Å². The molecule has 1 heterocycles. The smallest absolute Gasteiger partial charge is 0.240 e. The zero-order chi connectivity index (χ0) is 23.0. The van der Waals surface area contributed by atoms with Crippen LogP contribution in [0.15, 0.2) is 47.4 Å². The summed E-state index contributed by atoms with van der Waals surface area (Å²) in [5, 5.41) is 3.05. The normalized spacial score (nSPS) is 19.6. The van der Waals surface area contributed by atoms with Gasteiger partial charge in [0, 0.05) is 31.1 Å². The van der Waals surface area contributed by atoms with E-state index in [1.54, 1.807) is 23.1 Å². The zero-order valence-electron chi connectivity index (χ0n) is 18.5. The van der Waals surface area contributed by atoms with Gasteiger partial charge in [0.15, 0.2) is 0 Å². The highest BCUT2D eigenvalue weighted by Gasteiger charge is 2.36. The molecule has 8 heteroatoms. The van der Waals surface area contributed by atoms with Crippen LogP contribution in [0.5, 0.6) is 0 Å². The quantitative estimate of drug-likeness (QED) is 0.655. The van der Waals surface area contributed by atoms with Gasteiger partial charge in [-0.05, 0) is 73.4 Å². The van der Waals surface area contributed by atoms with Gasteiger partial charge in [-0.25, -0.2) is 13.1 Å². The predicted octanol–water partition coefficient (Wildman–Crippen LogP) is 2.85. The van der Waals surface area contributed by atoms with Crippen LogP contribution in [-0.2, 0) is 32.5 Å². The molecular formula is C25H29N3O4S. The minimum atomic E-state index is -3.73. The van der Waals surface area contributed by atoms with E-state index in [9.17, 15) is 18.0 Å². The Balaban J connectivity index is 1.17. The van der Waals surface area contributed by atoms with Gasteiger partial charge in [-0.2, -0.15) is 0 Å². The average molecular weight is 468 g/mol. The highest BCUT2D eigenvalue weighted by Crippen LogP contribution is 2.37. The lowest BCUT2D eigenvalue weighted by Gasteiger charge is -2.26. The third-order valence-corrected chi connectivity index (χ3v) is 8.26. The molecule has 174 valence electrons. The van der Waals surface area contributed by atoms with E-state index in [0.717, 1.165) is 48.9 Å². The van der Waals surface area contributed by atoms with Gasteiger partial charge in [0.1, 0.15) is 0 Å². The molecule has 3 aliphatic rings. The van der Waals surface area contributed by atoms with Crippen molar-refractivity contribution < 1.29 is 18.0 Å². The number of hydrogen-bond acceptors (Lipinski definition) is 4. The number of rotatable bonds is 7. The maximum atomic E-state index is 12.8. The summed E-state index contributed by atoms with van der Waals surface area (Å²) in [4.78, 5) is 26.9. The van der Waals surface area contributed by atoms with Crippen molar-refractivity contribution in [1.82, 2.24) is 10.0 Å². The lowest BCUT2D eigenvalue weighted by Crippen LogP contribution is -2.34. The van der Waals surface area contributed by atoms with Crippen LogP contribution in [0.1, 0.15) is 54.8 Å². The summed E-state index contributed by atoms with van der Waals surface area (Å²) in [7, 11) is -3.73. The Bertz CT molecular complexity index is 1190. The maximum Gasteiger partial charge on any atom is 0.240 e. The summed E-state index contributed by atoms with van der Waals surface area (Å²) >= 11 is 0. The van der Waals surface area contributed by atoms with Crippen molar-refractivity contribution in [3.05, 3.63) is 59.2 Å². The molecular weight excluding hydrogens is 438 g/mol. The molecule has 0 radical (unpaired) electrons. The third-order valence-electron chi connectivity index (χ3n) is 6.80. The highest BCUT2D eigenvalue weighted by molar-refractivity contribution is 7.89. The molecule has 1 unspecified atom stereocenters. The number of amides is 2. The molecule has 7 nitrogen and oxygen atoms in total. The van der Waals surface area contributed by atoms with Gasteiger partial charge in [-0.15, -0.1) is 0 Å². The number of anilines is 1. The molecule has 0 aromatic heterocycles. The monoisotopic (exact) mass is 467 g/mol. The lowest BCUT2D eigenvalue weighted by molar-refractivity contribution is -0.122. The largest absolute Gasteiger partial charge is 0.349 e. The van der Waals surface area contributed by atoms with Crippen LogP contribution >= 0.6 is 0 Å². The van der Waals surface area contributed by atoms with Gasteiger partial charge in [0.2, 0.25) is 21.8 Å². The molecule has 2 N–H and O–H groups in total. The van der Waals surface area contributed by atoms with Crippen LogP contribution in [0.25, 0.3) is 0 Å². The van der Waals surface area contributed by atoms with Crippen LogP contribution in [-0.4, -0.2) is 33.3 Å². The molecule has 1 fully saturated rings. The number of aryl methyl sites for hydroxylation is 1. The summed E-state index contributed by atoms with van der Waals surface area (Å²) in [6, 6.07) is 13.0. The lowest BCUT2D eigenvalue weighted by atomic mass is 9.88. The Morgan fingerprint density at radius 1 is 1.00 bits per heavy atom. The van der Waals surface area contributed by atoms with Crippen molar-refractivity contribution in [1.29, 1.82) is 0 Å². The number of carbonyl (C=O) groups is 2. The maximum absolute atomic E-state index is 12.8. The van der Waals surface area contributed by atoms with E-state index in [4.69, 9.17) is 0 Å². The second kappa shape index (κ2) is 8.91. The van der Waals surface area contributed by atoms with Crippen molar-refractivity contribution in [2.45, 2.75) is 55.9 Å². The first-order chi connectivity index (χ1) is 15.9. The van der Waals surface area contributed by atoms with Crippen LogP contribution in [0.3, 0.4) is 0 Å². The summed E-state index contributed by atoms with van der Waals surface area (Å²) in [5.74, 6) is 0.117. The number of sulfonamides is 1. The van der Waals surface area contributed by atoms with Crippen molar-refractivity contribution in [3.8, 4) is 0 Å². The van der Waals surface area contributed by atoms with E-state index in [1.807, 2.05) is 12.1 Å². The molecule has 1 atom stereocenters. The Morgan fingerprint density at radius 3 is 2.64 bits per heavy atom. The molecule has 2 aliphatic carbocycles. The van der Waals surface area contributed by atoms with Crippen molar-refractivity contribution >= 4 is 27.5 Å². The number of nitrogens with zero attached hydrogens (tertiary/aromatic N) is 1. The average Bonchev–Trinajstić information content (AvgIpc) is 3.57. The SMILES string of the molecule is O=C(CCNS(=O)(=O)c1ccc2c(c1)CCN2C(=O)C1CC1)NC1CCCc2ccccc21. The molecule has 2 aromatic carbocycles. The number of benzene rings is 2. The van der Waals surface area contributed by atoms with Crippen LogP contribution < -0.4 is 14.9 Å². The number of fused-ring (bicyclic) bond motifs is 2. The Hall–Kier alpha value is -2.71. The molecule has 0 spiro atoms. The second-order valence-electron chi connectivity index (χ2n) is 9.16. The van der Waals surface area contributed by atoms with E-state index in [1.165, 1.54) is 5.56 Å². The predicted molar refractivity (Wildman–Crippen MR) is 125 cm³/mol. The van der Waals surface area contributed by atoms with Gasteiger partial charge in [0.25, 0.3) is 0 Å². The zero-order valence-corrected chi connectivity index (χ0v) is 19.4. The van der Waals surface area contributed by atoms with Gasteiger partial charge in [-0.1, -0.05) is 24.3 Å². The minimum Gasteiger partial charge on any atom is -0.349 e. The van der Waals surface area contributed by atoms with Crippen LogP contribution in [0, 0.1) is 5.92 Å². The van der Waals surface area contributed by atoms with Crippen LogP contribution in [0.2, 0.25) is 0 Å². The van der Waals surface area contributed by atoms with E-state index in [-0.39, 0.29) is 41.6 Å². The van der Waals surface area contributed by atoms with Gasteiger partial charge >= 0.3 is 0 Å². The molecule has 2 amide bonds. The van der Waals surface area contributed by atoms with E-state index < -0.39 is 10.0 Å².